The van der Waals surface area contributed by atoms with Crippen LogP contribution in [0.15, 0.2) is 29.6 Å². The maximum Gasteiger partial charge on any atom is 0.530 e. The van der Waals surface area contributed by atoms with Crippen LogP contribution in [0.3, 0.4) is 0 Å². The van der Waals surface area contributed by atoms with Crippen molar-refractivity contribution in [3.63, 3.8) is 0 Å². The summed E-state index contributed by atoms with van der Waals surface area (Å²) in [6.45, 7) is 0. The van der Waals surface area contributed by atoms with Crippen molar-refractivity contribution in [1.29, 1.82) is 0 Å². The van der Waals surface area contributed by atoms with E-state index in [-0.39, 0.29) is 6.42 Å². The predicted octanol–water partition coefficient (Wildman–Crippen LogP) is 2.22. The molecule has 1 aromatic heterocycles. The van der Waals surface area contributed by atoms with E-state index in [4.69, 9.17) is 5.11 Å². The lowest BCUT2D eigenvalue weighted by molar-refractivity contribution is -0.130. The van der Waals surface area contributed by atoms with E-state index in [1.165, 1.54) is 17.4 Å². The average Bonchev–Trinajstić information content (AvgIpc) is 2.85. The molecule has 1 amide bonds. The van der Waals surface area contributed by atoms with E-state index in [1.54, 1.807) is 29.1 Å². The van der Waals surface area contributed by atoms with E-state index in [0.29, 0.717) is 16.3 Å². The molecular formula is C12H9FN2O4S. The number of rotatable bonds is 3. The SMILES string of the molecule is O=C(Cc1csc(-c2ccccc2F)n1)NOC(=O)O. The molecule has 0 aliphatic heterocycles. The Morgan fingerprint density at radius 2 is 2.15 bits per heavy atom. The van der Waals surface area contributed by atoms with Crippen molar-refractivity contribution < 1.29 is 23.9 Å². The lowest BCUT2D eigenvalue weighted by Crippen LogP contribution is -2.27. The molecule has 0 spiro atoms. The van der Waals surface area contributed by atoms with Gasteiger partial charge in [0, 0.05) is 10.9 Å². The van der Waals surface area contributed by atoms with E-state index in [1.807, 2.05) is 0 Å². The summed E-state index contributed by atoms with van der Waals surface area (Å²) >= 11 is 1.19. The van der Waals surface area contributed by atoms with Crippen molar-refractivity contribution in [2.45, 2.75) is 6.42 Å². The lowest BCUT2D eigenvalue weighted by Gasteiger charge is -2.00. The second-order valence-corrected chi connectivity index (χ2v) is 4.55. The number of nitrogens with one attached hydrogen (secondary N) is 1. The molecule has 0 unspecified atom stereocenters. The third kappa shape index (κ3) is 3.51. The molecule has 1 heterocycles. The van der Waals surface area contributed by atoms with Gasteiger partial charge in [0.05, 0.1) is 12.1 Å². The maximum atomic E-state index is 13.6. The number of hydroxylamine groups is 1. The first kappa shape index (κ1) is 13.9. The number of hydrogen-bond donors (Lipinski definition) is 2. The Morgan fingerprint density at radius 1 is 1.40 bits per heavy atom. The van der Waals surface area contributed by atoms with Gasteiger partial charge in [-0.3, -0.25) is 4.79 Å². The van der Waals surface area contributed by atoms with Gasteiger partial charge in [-0.15, -0.1) is 11.3 Å². The highest BCUT2D eigenvalue weighted by molar-refractivity contribution is 7.13. The number of amides is 1. The fourth-order valence-electron chi connectivity index (χ4n) is 1.45. The minimum Gasteiger partial charge on any atom is -0.448 e. The molecule has 2 N–H and O–H groups in total. The standard InChI is InChI=1S/C12H9FN2O4S/c13-9-4-2-1-3-8(9)11-14-7(6-20-11)5-10(16)15-19-12(17)18/h1-4,6H,5H2,(H,15,16)(H,17,18). The summed E-state index contributed by atoms with van der Waals surface area (Å²) in [4.78, 5) is 29.5. The normalized spacial score (nSPS) is 10.1. The number of aromatic nitrogens is 1. The van der Waals surface area contributed by atoms with E-state index in [2.05, 4.69) is 9.82 Å². The molecule has 0 fully saturated rings. The Balaban J connectivity index is 2.04. The monoisotopic (exact) mass is 296 g/mol. The Morgan fingerprint density at radius 3 is 2.85 bits per heavy atom. The highest BCUT2D eigenvalue weighted by atomic mass is 32.1. The van der Waals surface area contributed by atoms with Gasteiger partial charge in [-0.05, 0) is 12.1 Å². The van der Waals surface area contributed by atoms with Crippen molar-refractivity contribution >= 4 is 23.4 Å². The van der Waals surface area contributed by atoms with Gasteiger partial charge in [-0.2, -0.15) is 5.48 Å². The van der Waals surface area contributed by atoms with Crippen molar-refractivity contribution in [2.75, 3.05) is 0 Å². The van der Waals surface area contributed by atoms with Crippen LogP contribution < -0.4 is 5.48 Å². The van der Waals surface area contributed by atoms with Gasteiger partial charge >= 0.3 is 6.16 Å². The van der Waals surface area contributed by atoms with E-state index in [0.717, 1.165) is 0 Å². The zero-order valence-corrected chi connectivity index (χ0v) is 10.8. The third-order valence-electron chi connectivity index (χ3n) is 2.25. The van der Waals surface area contributed by atoms with Crippen molar-refractivity contribution in [1.82, 2.24) is 10.5 Å². The summed E-state index contributed by atoms with van der Waals surface area (Å²) in [5, 5.41) is 10.3. The summed E-state index contributed by atoms with van der Waals surface area (Å²) in [5.74, 6) is -1.05. The summed E-state index contributed by atoms with van der Waals surface area (Å²) in [5.41, 5.74) is 2.50. The van der Waals surface area contributed by atoms with Crippen LogP contribution in [0.2, 0.25) is 0 Å². The highest BCUT2D eigenvalue weighted by Gasteiger charge is 2.12. The molecule has 1 aromatic carbocycles. The summed E-state index contributed by atoms with van der Waals surface area (Å²) < 4.78 is 13.6. The fraction of sp³-hybridized carbons (Fsp3) is 0.0833. The van der Waals surface area contributed by atoms with E-state index >= 15 is 0 Å². The molecule has 8 heteroatoms. The molecule has 20 heavy (non-hydrogen) atoms. The van der Waals surface area contributed by atoms with Gasteiger partial charge in [0.1, 0.15) is 10.8 Å². The summed E-state index contributed by atoms with van der Waals surface area (Å²) in [6.07, 6.45) is -1.76. The molecule has 0 aliphatic carbocycles. The van der Waals surface area contributed by atoms with Crippen LogP contribution in [-0.2, 0) is 16.1 Å². The first-order valence-electron chi connectivity index (χ1n) is 5.44. The van der Waals surface area contributed by atoms with Crippen LogP contribution in [0.25, 0.3) is 10.6 Å². The Hall–Kier alpha value is -2.48. The molecule has 2 aromatic rings. The maximum absolute atomic E-state index is 13.6. The minimum absolute atomic E-state index is 0.155. The number of nitrogens with zero attached hydrogens (tertiary/aromatic N) is 1. The zero-order chi connectivity index (χ0) is 14.5. The number of benzene rings is 1. The first-order valence-corrected chi connectivity index (χ1v) is 6.32. The van der Waals surface area contributed by atoms with Crippen molar-refractivity contribution in [3.8, 4) is 10.6 Å². The molecule has 0 aliphatic rings. The zero-order valence-electron chi connectivity index (χ0n) is 10.00. The predicted molar refractivity (Wildman–Crippen MR) is 68.5 cm³/mol. The van der Waals surface area contributed by atoms with Crippen LogP contribution in [0.5, 0.6) is 0 Å². The van der Waals surface area contributed by atoms with Gasteiger partial charge < -0.3 is 9.94 Å². The summed E-state index contributed by atoms with van der Waals surface area (Å²) in [6, 6.07) is 6.17. The number of halogens is 1. The van der Waals surface area contributed by atoms with Crippen LogP contribution in [0.1, 0.15) is 5.69 Å². The Bertz CT molecular complexity index is 644. The Labute approximate surface area is 116 Å². The second-order valence-electron chi connectivity index (χ2n) is 3.69. The van der Waals surface area contributed by atoms with E-state index in [9.17, 15) is 14.0 Å². The largest absolute Gasteiger partial charge is 0.530 e. The molecule has 104 valence electrons. The molecular weight excluding hydrogens is 287 g/mol. The second kappa shape index (κ2) is 6.11. The third-order valence-corrected chi connectivity index (χ3v) is 3.17. The number of carbonyl (C=O) groups is 2. The number of thiazole rings is 1. The quantitative estimate of drug-likeness (QED) is 0.848. The van der Waals surface area contributed by atoms with Gasteiger partial charge in [0.25, 0.3) is 5.91 Å². The first-order chi connectivity index (χ1) is 9.56. The van der Waals surface area contributed by atoms with Gasteiger partial charge in [-0.1, -0.05) is 12.1 Å². The molecule has 6 nitrogen and oxygen atoms in total. The number of carbonyl (C=O) groups excluding carboxylic acids is 1. The smallest absolute Gasteiger partial charge is 0.448 e. The highest BCUT2D eigenvalue weighted by Crippen LogP contribution is 2.26. The van der Waals surface area contributed by atoms with Crippen LogP contribution in [-0.4, -0.2) is 22.2 Å². The lowest BCUT2D eigenvalue weighted by atomic mass is 10.2. The van der Waals surface area contributed by atoms with Gasteiger partial charge in [0.2, 0.25) is 0 Å². The summed E-state index contributed by atoms with van der Waals surface area (Å²) in [7, 11) is 0. The minimum atomic E-state index is -1.61. The fourth-order valence-corrected chi connectivity index (χ4v) is 2.29. The Kier molecular flexibility index (Phi) is 4.26. The molecule has 0 radical (unpaired) electrons. The number of carboxylic acid groups (broad SMARTS) is 1. The van der Waals surface area contributed by atoms with Crippen LogP contribution >= 0.6 is 11.3 Å². The number of hydrogen-bond acceptors (Lipinski definition) is 5. The van der Waals surface area contributed by atoms with Crippen molar-refractivity contribution in [3.05, 3.63) is 41.2 Å². The van der Waals surface area contributed by atoms with Crippen LogP contribution in [0.4, 0.5) is 9.18 Å². The topological polar surface area (TPSA) is 88.5 Å². The molecule has 2 rings (SSSR count). The van der Waals surface area contributed by atoms with E-state index < -0.39 is 17.9 Å². The van der Waals surface area contributed by atoms with Crippen molar-refractivity contribution in [2.24, 2.45) is 0 Å². The van der Waals surface area contributed by atoms with Crippen LogP contribution in [0, 0.1) is 5.82 Å². The van der Waals surface area contributed by atoms with Gasteiger partial charge in [-0.25, -0.2) is 14.2 Å². The molecule has 0 saturated carbocycles. The average molecular weight is 296 g/mol. The van der Waals surface area contributed by atoms with Gasteiger partial charge in [0.15, 0.2) is 0 Å². The molecule has 0 saturated heterocycles. The molecule has 0 bridgehead atoms. The molecule has 0 atom stereocenters.